The summed E-state index contributed by atoms with van der Waals surface area (Å²) in [5.74, 6) is -0.239. The largest absolute Gasteiger partial charge is 0.392 e. The Morgan fingerprint density at radius 2 is 2.20 bits per heavy atom. The van der Waals surface area contributed by atoms with Crippen LogP contribution in [0, 0.1) is 0 Å². The second kappa shape index (κ2) is 7.47. The summed E-state index contributed by atoms with van der Waals surface area (Å²) >= 11 is 4.61. The molecule has 0 fully saturated rings. The van der Waals surface area contributed by atoms with E-state index in [1.54, 1.807) is 0 Å². The molecule has 0 saturated heterocycles. The van der Waals surface area contributed by atoms with Gasteiger partial charge in [-0.05, 0) is 0 Å². The summed E-state index contributed by atoms with van der Waals surface area (Å²) in [7, 11) is 1.54. The molecular weight excluding hydrogens is 226 g/mol. The Morgan fingerprint density at radius 1 is 1.60 bits per heavy atom. The monoisotopic (exact) mass is 240 g/mol. The second-order valence-electron chi connectivity index (χ2n) is 2.93. The lowest BCUT2D eigenvalue weighted by molar-refractivity contribution is -0.130. The number of nitrogens with zero attached hydrogens (tertiary/aromatic N) is 1. The molecule has 0 rings (SSSR count). The van der Waals surface area contributed by atoms with Gasteiger partial charge in [0.2, 0.25) is 5.91 Å². The molecule has 0 unspecified atom stereocenters. The van der Waals surface area contributed by atoms with E-state index >= 15 is 0 Å². The van der Waals surface area contributed by atoms with Gasteiger partial charge in [-0.15, -0.1) is 0 Å². The van der Waals surface area contributed by atoms with Crippen LogP contribution in [0.3, 0.4) is 0 Å². The van der Waals surface area contributed by atoms with Gasteiger partial charge in [0.15, 0.2) is 0 Å². The second-order valence-corrected chi connectivity index (χ2v) is 3.46. The van der Waals surface area contributed by atoms with E-state index in [0.717, 1.165) is 0 Å². The number of amides is 1. The fraction of sp³-hybridized carbons (Fsp3) is 0.750. The summed E-state index contributed by atoms with van der Waals surface area (Å²) < 4.78 is 27.8. The van der Waals surface area contributed by atoms with Crippen molar-refractivity contribution in [2.24, 2.45) is 5.73 Å². The molecule has 0 bridgehead atoms. The Hall–Kier alpha value is -0.820. The third kappa shape index (κ3) is 8.19. The molecule has 0 atom stereocenters. The highest BCUT2D eigenvalue weighted by molar-refractivity contribution is 7.80. The third-order valence-corrected chi connectivity index (χ3v) is 1.65. The van der Waals surface area contributed by atoms with Gasteiger partial charge in [-0.2, -0.15) is 0 Å². The van der Waals surface area contributed by atoms with Gasteiger partial charge in [0.05, 0.1) is 24.6 Å². The number of likely N-dealkylation sites (N-methyl/N-ethyl adjacent to an activating group) is 1. The number of alkyl halides is 2. The number of rotatable bonds is 7. The molecule has 0 aliphatic carbocycles. The maximum absolute atomic E-state index is 11.6. The van der Waals surface area contributed by atoms with Crippen molar-refractivity contribution in [2.75, 3.05) is 26.8 Å². The quantitative estimate of drug-likeness (QED) is 0.517. The van der Waals surface area contributed by atoms with Crippen LogP contribution >= 0.6 is 12.2 Å². The van der Waals surface area contributed by atoms with Crippen molar-refractivity contribution in [2.45, 2.75) is 12.8 Å². The highest BCUT2D eigenvalue weighted by Gasteiger charge is 2.09. The number of nitrogens with two attached hydrogens (primary N) is 1. The smallest absolute Gasteiger partial charge is 0.261 e. The van der Waals surface area contributed by atoms with Crippen LogP contribution in [0.1, 0.15) is 6.42 Å². The Labute approximate surface area is 92.4 Å². The summed E-state index contributed by atoms with van der Waals surface area (Å²) in [6, 6.07) is 0. The van der Waals surface area contributed by atoms with Crippen LogP contribution in [-0.4, -0.2) is 49.0 Å². The summed E-state index contributed by atoms with van der Waals surface area (Å²) in [6.45, 7) is -0.486. The van der Waals surface area contributed by atoms with E-state index in [-0.39, 0.29) is 30.5 Å². The SMILES string of the molecule is CN(CC(N)=S)C(=O)CCOCC(F)F. The Morgan fingerprint density at radius 3 is 2.67 bits per heavy atom. The first kappa shape index (κ1) is 14.2. The van der Waals surface area contributed by atoms with Crippen molar-refractivity contribution in [1.29, 1.82) is 0 Å². The first-order valence-electron chi connectivity index (χ1n) is 4.31. The average molecular weight is 240 g/mol. The fourth-order valence-corrected chi connectivity index (χ4v) is 1.04. The maximum atomic E-state index is 11.6. The first-order valence-corrected chi connectivity index (χ1v) is 4.72. The highest BCUT2D eigenvalue weighted by atomic mass is 32.1. The fourth-order valence-electron chi connectivity index (χ4n) is 0.845. The van der Waals surface area contributed by atoms with Crippen LogP contribution in [0.15, 0.2) is 0 Å². The van der Waals surface area contributed by atoms with E-state index in [4.69, 9.17) is 5.73 Å². The number of halogens is 2. The van der Waals surface area contributed by atoms with Crippen LogP contribution in [0.25, 0.3) is 0 Å². The van der Waals surface area contributed by atoms with Crippen LogP contribution in [-0.2, 0) is 9.53 Å². The molecule has 15 heavy (non-hydrogen) atoms. The molecule has 0 aromatic carbocycles. The zero-order valence-electron chi connectivity index (χ0n) is 8.41. The molecule has 7 heteroatoms. The van der Waals surface area contributed by atoms with Crippen LogP contribution in [0.5, 0.6) is 0 Å². The molecule has 4 nitrogen and oxygen atoms in total. The van der Waals surface area contributed by atoms with E-state index in [2.05, 4.69) is 17.0 Å². The van der Waals surface area contributed by atoms with Crippen LogP contribution < -0.4 is 5.73 Å². The minimum absolute atomic E-state index is 0.0230. The van der Waals surface area contributed by atoms with Crippen molar-refractivity contribution in [3.8, 4) is 0 Å². The normalized spacial score (nSPS) is 10.4. The molecule has 0 aliphatic rings. The number of hydrogen-bond donors (Lipinski definition) is 1. The lowest BCUT2D eigenvalue weighted by Gasteiger charge is -2.15. The minimum atomic E-state index is -2.51. The molecular formula is C8H14F2N2O2S. The summed E-state index contributed by atoms with van der Waals surface area (Å²) in [5.41, 5.74) is 5.23. The zero-order chi connectivity index (χ0) is 11.8. The summed E-state index contributed by atoms with van der Waals surface area (Å²) in [4.78, 5) is 12.8. The van der Waals surface area contributed by atoms with Gasteiger partial charge < -0.3 is 15.4 Å². The highest BCUT2D eigenvalue weighted by Crippen LogP contribution is 1.96. The predicted molar refractivity (Wildman–Crippen MR) is 55.9 cm³/mol. The van der Waals surface area contributed by atoms with Crippen molar-refractivity contribution in [3.63, 3.8) is 0 Å². The van der Waals surface area contributed by atoms with E-state index in [9.17, 15) is 13.6 Å². The van der Waals surface area contributed by atoms with E-state index in [0.29, 0.717) is 0 Å². The van der Waals surface area contributed by atoms with Gasteiger partial charge >= 0.3 is 0 Å². The first-order chi connectivity index (χ1) is 6.93. The minimum Gasteiger partial charge on any atom is -0.392 e. The van der Waals surface area contributed by atoms with Crippen LogP contribution in [0.4, 0.5) is 8.78 Å². The molecule has 0 aromatic heterocycles. The molecule has 1 amide bonds. The van der Waals surface area contributed by atoms with Crippen molar-refractivity contribution in [3.05, 3.63) is 0 Å². The number of carbonyl (C=O) groups excluding carboxylic acids is 1. The van der Waals surface area contributed by atoms with Crippen molar-refractivity contribution < 1.29 is 18.3 Å². The van der Waals surface area contributed by atoms with Gasteiger partial charge in [0.1, 0.15) is 6.61 Å². The van der Waals surface area contributed by atoms with Gasteiger partial charge in [0.25, 0.3) is 6.43 Å². The standard InChI is InChI=1S/C8H14F2N2O2S/c1-12(4-7(11)15)8(13)2-3-14-5-6(9)10/h6H,2-5H2,1H3,(H2,11,15). The summed E-state index contributed by atoms with van der Waals surface area (Å²) in [6.07, 6.45) is -2.46. The van der Waals surface area contributed by atoms with E-state index in [1.165, 1.54) is 11.9 Å². The van der Waals surface area contributed by atoms with E-state index in [1.807, 2.05) is 0 Å². The zero-order valence-corrected chi connectivity index (χ0v) is 9.23. The topological polar surface area (TPSA) is 55.6 Å². The van der Waals surface area contributed by atoms with Gasteiger partial charge in [-0.1, -0.05) is 12.2 Å². The number of ether oxygens (including phenoxy) is 1. The Bertz CT molecular complexity index is 227. The molecule has 0 saturated carbocycles. The third-order valence-electron chi connectivity index (χ3n) is 1.52. The number of hydrogen-bond acceptors (Lipinski definition) is 3. The molecule has 0 radical (unpaired) electrons. The molecule has 0 heterocycles. The van der Waals surface area contributed by atoms with Gasteiger partial charge in [-0.3, -0.25) is 4.79 Å². The lowest BCUT2D eigenvalue weighted by Crippen LogP contribution is -2.34. The maximum Gasteiger partial charge on any atom is 0.261 e. The molecule has 88 valence electrons. The summed E-state index contributed by atoms with van der Waals surface area (Å²) in [5, 5.41) is 0. The number of thiocarbonyl (C=S) groups is 1. The molecule has 0 aromatic rings. The molecule has 0 spiro atoms. The molecule has 2 N–H and O–H groups in total. The van der Waals surface area contributed by atoms with Gasteiger partial charge in [0, 0.05) is 7.05 Å². The van der Waals surface area contributed by atoms with Gasteiger partial charge in [-0.25, -0.2) is 8.78 Å². The molecule has 0 aliphatic heterocycles. The predicted octanol–water partition coefficient (Wildman–Crippen LogP) is 0.403. The number of carbonyl (C=O) groups is 1. The van der Waals surface area contributed by atoms with Crippen molar-refractivity contribution >= 4 is 23.1 Å². The van der Waals surface area contributed by atoms with E-state index < -0.39 is 13.0 Å². The Kier molecular flexibility index (Phi) is 7.06. The lowest BCUT2D eigenvalue weighted by atomic mass is 10.4. The van der Waals surface area contributed by atoms with Crippen molar-refractivity contribution in [1.82, 2.24) is 4.90 Å². The average Bonchev–Trinajstić information content (AvgIpc) is 2.10. The Balaban J connectivity index is 3.60. The van der Waals surface area contributed by atoms with Crippen LogP contribution in [0.2, 0.25) is 0 Å².